The highest BCUT2D eigenvalue weighted by Crippen LogP contribution is 2.44. The summed E-state index contributed by atoms with van der Waals surface area (Å²) in [6.07, 6.45) is 18.5. The summed E-state index contributed by atoms with van der Waals surface area (Å²) in [5.74, 6) is 1.34. The Morgan fingerprint density at radius 2 is 1.66 bits per heavy atom. The lowest BCUT2D eigenvalue weighted by atomic mass is 9.87. The summed E-state index contributed by atoms with van der Waals surface area (Å²) < 4.78 is 50.3. The van der Waals surface area contributed by atoms with Gasteiger partial charge in [-0.05, 0) is 144 Å². The summed E-state index contributed by atoms with van der Waals surface area (Å²) in [7, 11) is 5.18. The van der Waals surface area contributed by atoms with E-state index in [1.807, 2.05) is 16.6 Å². The number of terminal acetylenes is 1. The molecule has 0 bridgehead atoms. The monoisotopic (exact) mass is 1080 g/mol. The third-order valence-corrected chi connectivity index (χ3v) is 17.6. The Labute approximate surface area is 459 Å². The van der Waals surface area contributed by atoms with Crippen LogP contribution in [0.3, 0.4) is 0 Å². The Bertz CT molecular complexity index is 3320. The molecule has 13 rings (SSSR count). The third kappa shape index (κ3) is 10.6. The number of nitrogens with one attached hydrogen (secondary N) is 1. The van der Waals surface area contributed by atoms with Crippen molar-refractivity contribution >= 4 is 56.6 Å². The number of aromatic hydroxyl groups is 1. The van der Waals surface area contributed by atoms with E-state index < -0.39 is 11.6 Å². The van der Waals surface area contributed by atoms with Crippen LogP contribution in [0.4, 0.5) is 14.6 Å². The number of piperidine rings is 3. The van der Waals surface area contributed by atoms with Gasteiger partial charge >= 0.3 is 6.01 Å². The van der Waals surface area contributed by atoms with Crippen LogP contribution in [0.5, 0.6) is 11.8 Å². The molecule has 6 saturated heterocycles. The van der Waals surface area contributed by atoms with Gasteiger partial charge in [0.15, 0.2) is 5.82 Å². The number of ether oxygens (including phenoxy) is 3. The zero-order chi connectivity index (χ0) is 55.0. The number of aromatic nitrogens is 5. The number of likely N-dealkylation sites (tertiary alicyclic amines) is 2. The highest BCUT2D eigenvalue weighted by atomic mass is 19.1. The summed E-state index contributed by atoms with van der Waals surface area (Å²) in [6.45, 7) is 8.41. The molecule has 2 atom stereocenters. The Morgan fingerprint density at radius 1 is 0.886 bits per heavy atom. The molecule has 416 valence electrons. The van der Waals surface area contributed by atoms with Crippen molar-refractivity contribution < 1.29 is 42.5 Å². The van der Waals surface area contributed by atoms with Crippen molar-refractivity contribution in [1.29, 1.82) is 0 Å². The van der Waals surface area contributed by atoms with Crippen LogP contribution in [0.2, 0.25) is 0 Å². The SMILES string of the molecule is C#Cc1c(F)ccc2cc(O)cc(-c3nc4c5c(nc(OCC67CCCN6CCC7)nc5c3F)N3CCCOCC3CC4)c12.COC.Cn1nc(C2CCC(=O)NC2=O)c2ccc(C3CCN(C4CCN(C=O)CC4)CC3)cc21. The lowest BCUT2D eigenvalue weighted by Crippen LogP contribution is -2.47. The summed E-state index contributed by atoms with van der Waals surface area (Å²) >= 11 is 0. The number of halogens is 2. The van der Waals surface area contributed by atoms with Crippen LogP contribution < -0.4 is 15.0 Å². The zero-order valence-corrected chi connectivity index (χ0v) is 45.4. The minimum Gasteiger partial charge on any atom is -0.508 e. The molecule has 3 aromatic carbocycles. The van der Waals surface area contributed by atoms with Gasteiger partial charge in [0.1, 0.15) is 35.2 Å². The average molecular weight is 1080 g/mol. The Morgan fingerprint density at radius 3 is 2.39 bits per heavy atom. The number of phenolic OH excluding ortho intramolecular Hbond substituents is 1. The van der Waals surface area contributed by atoms with Gasteiger partial charge in [-0.3, -0.25) is 29.3 Å². The van der Waals surface area contributed by atoms with Gasteiger partial charge in [0.05, 0.1) is 52.0 Å². The molecule has 3 aromatic heterocycles. The maximum Gasteiger partial charge on any atom is 0.319 e. The fraction of sp³-hybridized carbons (Fsp3) is 0.517. The predicted octanol–water partition coefficient (Wildman–Crippen LogP) is 7.52. The molecule has 2 N–H and O–H groups in total. The molecule has 0 saturated carbocycles. The van der Waals surface area contributed by atoms with Crippen molar-refractivity contribution in [2.24, 2.45) is 7.05 Å². The number of nitrogens with zero attached hydrogens (tertiary/aromatic N) is 9. The van der Waals surface area contributed by atoms with E-state index in [4.69, 9.17) is 30.8 Å². The fourth-order valence-electron chi connectivity index (χ4n) is 13.6. The number of carbonyl (C=O) groups is 3. The standard InChI is InChI=1S/C34H33F2N5O3.C24H31N5O3.C2H6O/c1-2-23-25(35)8-6-20-16-22(42)17-24(27(20)23)30-29(36)31-28-26(37-30)9-7-21-18-43-15-5-14-41(21)32(28)39-33(38-31)44-19-34-10-3-12-40(34)13-4-11-34;1-27-21-14-17(2-3-19(21)23(26-27)20-4-5-22(31)25-24(20)32)16-6-12-29(13-7-16)18-8-10-28(15-30)11-9-18;1-3-2/h1,6,8,16-17,21,42H,3-5,7,9-15,18-19H2;2-3,14-16,18,20H,4-13H2,1H3,(H,25,31,32);1-2H3. The first-order chi connectivity index (χ1) is 38.4. The molecule has 10 heterocycles. The van der Waals surface area contributed by atoms with Crippen molar-refractivity contribution in [3.63, 3.8) is 0 Å². The number of hydrogen-bond acceptors (Lipinski definition) is 14. The van der Waals surface area contributed by atoms with E-state index in [1.54, 1.807) is 14.2 Å². The molecule has 0 spiro atoms. The molecular weight excluding hydrogens is 1010 g/mol. The molecule has 2 unspecified atom stereocenters. The fourth-order valence-corrected chi connectivity index (χ4v) is 13.6. The van der Waals surface area contributed by atoms with Crippen LogP contribution >= 0.6 is 0 Å². The number of aryl methyl sites for hydroxylation is 2. The number of methoxy groups -OCH3 is 1. The van der Waals surface area contributed by atoms with Crippen molar-refractivity contribution in [3.8, 4) is 35.4 Å². The van der Waals surface area contributed by atoms with Crippen LogP contribution in [-0.4, -0.2) is 160 Å². The quantitative estimate of drug-likeness (QED) is 0.0868. The Balaban J connectivity index is 0.000000167. The molecule has 0 aliphatic carbocycles. The first-order valence-electron chi connectivity index (χ1n) is 28.1. The maximum atomic E-state index is 17.0. The topological polar surface area (TPSA) is 181 Å². The van der Waals surface area contributed by atoms with E-state index in [2.05, 4.69) is 54.0 Å². The first kappa shape index (κ1) is 54.1. The molecule has 0 radical (unpaired) electrons. The molecule has 6 fully saturated rings. The van der Waals surface area contributed by atoms with Crippen LogP contribution in [0.1, 0.15) is 111 Å². The van der Waals surface area contributed by atoms with E-state index in [1.165, 1.54) is 29.8 Å². The van der Waals surface area contributed by atoms with Crippen LogP contribution in [0, 0.1) is 24.0 Å². The number of amides is 3. The van der Waals surface area contributed by atoms with Gasteiger partial charge in [0.2, 0.25) is 18.2 Å². The minimum absolute atomic E-state index is 0.0143. The average Bonchev–Trinajstić information content (AvgIpc) is 4.29. The van der Waals surface area contributed by atoms with Crippen molar-refractivity contribution in [2.75, 3.05) is 84.8 Å². The lowest BCUT2D eigenvalue weighted by molar-refractivity contribution is -0.134. The third-order valence-electron chi connectivity index (χ3n) is 17.6. The summed E-state index contributed by atoms with van der Waals surface area (Å²) in [4.78, 5) is 58.5. The second-order valence-electron chi connectivity index (χ2n) is 22.3. The maximum absolute atomic E-state index is 17.0. The number of carbonyl (C=O) groups excluding carboxylic acids is 3. The van der Waals surface area contributed by atoms with E-state index >= 15 is 4.39 Å². The molecular formula is C60H70F2N10O7. The van der Waals surface area contributed by atoms with Crippen LogP contribution in [0.15, 0.2) is 42.5 Å². The second kappa shape index (κ2) is 23.1. The number of phenols is 1. The van der Waals surface area contributed by atoms with E-state index in [9.17, 15) is 23.9 Å². The second-order valence-corrected chi connectivity index (χ2v) is 22.3. The number of rotatable bonds is 8. The van der Waals surface area contributed by atoms with Gasteiger partial charge < -0.3 is 34.0 Å². The van der Waals surface area contributed by atoms with Crippen molar-refractivity contribution in [3.05, 3.63) is 76.6 Å². The zero-order valence-electron chi connectivity index (χ0n) is 45.4. The van der Waals surface area contributed by atoms with Crippen LogP contribution in [-0.2, 0) is 37.3 Å². The highest BCUT2D eigenvalue weighted by molar-refractivity contribution is 6.04. The number of fused-ring (bicyclic) bond motifs is 5. The smallest absolute Gasteiger partial charge is 0.319 e. The van der Waals surface area contributed by atoms with Gasteiger partial charge in [-0.15, -0.1) is 6.42 Å². The van der Waals surface area contributed by atoms with E-state index in [0.29, 0.717) is 85.3 Å². The lowest BCUT2D eigenvalue weighted by Gasteiger charge is -2.41. The molecule has 79 heavy (non-hydrogen) atoms. The normalized spacial score (nSPS) is 21.8. The number of imide groups is 1. The Kier molecular flexibility index (Phi) is 15.8. The molecule has 7 aliphatic heterocycles. The predicted molar refractivity (Wildman–Crippen MR) is 296 cm³/mol. The molecule has 7 aliphatic rings. The number of anilines is 1. The Hall–Kier alpha value is -6.85. The molecule has 6 aromatic rings. The van der Waals surface area contributed by atoms with Crippen molar-refractivity contribution in [1.82, 2.24) is 44.7 Å². The molecule has 3 amide bonds. The molecule has 17 nitrogen and oxygen atoms in total. The van der Waals surface area contributed by atoms with E-state index in [0.717, 1.165) is 126 Å². The van der Waals surface area contributed by atoms with Crippen molar-refractivity contribution in [2.45, 2.75) is 113 Å². The largest absolute Gasteiger partial charge is 0.508 e. The summed E-state index contributed by atoms with van der Waals surface area (Å²) in [6, 6.07) is 12.9. The van der Waals surface area contributed by atoms with Gasteiger partial charge in [-0.25, -0.2) is 13.8 Å². The number of pyridine rings is 1. The van der Waals surface area contributed by atoms with E-state index in [-0.39, 0.29) is 63.4 Å². The first-order valence-corrected chi connectivity index (χ1v) is 28.1. The van der Waals surface area contributed by atoms with Gasteiger partial charge in [0, 0.05) is 76.3 Å². The number of benzene rings is 3. The number of hydrogen-bond donors (Lipinski definition) is 2. The van der Waals surface area contributed by atoms with Crippen LogP contribution in [0.25, 0.3) is 43.8 Å². The highest BCUT2D eigenvalue weighted by Gasteiger charge is 2.45. The molecule has 19 heteroatoms. The van der Waals surface area contributed by atoms with Gasteiger partial charge in [-0.2, -0.15) is 15.1 Å². The summed E-state index contributed by atoms with van der Waals surface area (Å²) in [5.41, 5.74) is 4.01. The summed E-state index contributed by atoms with van der Waals surface area (Å²) in [5, 5.41) is 20.1. The van der Waals surface area contributed by atoms with Gasteiger partial charge in [0.25, 0.3) is 0 Å². The minimum atomic E-state index is -0.692. The van der Waals surface area contributed by atoms with Gasteiger partial charge in [-0.1, -0.05) is 24.1 Å².